The first-order valence-corrected chi connectivity index (χ1v) is 14.3. The van der Waals surface area contributed by atoms with Gasteiger partial charge < -0.3 is 24.3 Å². The second kappa shape index (κ2) is 10.6. The molecule has 39 heavy (non-hydrogen) atoms. The molecule has 2 aromatic rings. The summed E-state index contributed by atoms with van der Waals surface area (Å²) in [6.45, 7) is 1.38. The lowest BCUT2D eigenvalue weighted by molar-refractivity contribution is -0.840. The van der Waals surface area contributed by atoms with Gasteiger partial charge in [-0.2, -0.15) is 0 Å². The molecule has 2 N–H and O–H groups in total. The Balaban J connectivity index is 1.46. The van der Waals surface area contributed by atoms with Crippen LogP contribution in [0.4, 0.5) is 0 Å². The van der Waals surface area contributed by atoms with Crippen LogP contribution in [0, 0.1) is 5.92 Å². The van der Waals surface area contributed by atoms with Crippen LogP contribution in [0.3, 0.4) is 0 Å². The molecule has 3 saturated heterocycles. The van der Waals surface area contributed by atoms with Crippen LogP contribution in [0.5, 0.6) is 0 Å². The third kappa shape index (κ3) is 4.78. The SMILES string of the molecule is CC(C)C[C@H](NC(=O)[C@H](Cc1ccccc1)NC(=O)c1cnccn1)[B-]12OC(=O)[C@H]3CSC[C@H](C(=O)O1)[N+]32C. The predicted molar refractivity (Wildman–Crippen MR) is 144 cm³/mol. The monoisotopic (exact) mass is 553 g/mol. The minimum absolute atomic E-state index is 0.0116. The lowest BCUT2D eigenvalue weighted by Gasteiger charge is -2.51. The van der Waals surface area contributed by atoms with Crippen LogP contribution in [-0.2, 0) is 30.1 Å². The smallest absolute Gasteiger partial charge is 0.599 e. The maximum absolute atomic E-state index is 13.9. The molecule has 4 atom stereocenters. The summed E-state index contributed by atoms with van der Waals surface area (Å²) in [4.78, 5) is 61.0. The molecule has 13 heteroatoms. The number of benzene rings is 1. The zero-order valence-electron chi connectivity index (χ0n) is 22.1. The van der Waals surface area contributed by atoms with E-state index < -0.39 is 54.5 Å². The van der Waals surface area contributed by atoms with E-state index in [-0.39, 0.29) is 22.4 Å². The van der Waals surface area contributed by atoms with Gasteiger partial charge in [-0.3, -0.25) is 14.6 Å². The number of nitrogens with zero attached hydrogens (tertiary/aromatic N) is 3. The zero-order chi connectivity index (χ0) is 27.8. The van der Waals surface area contributed by atoms with Crippen molar-refractivity contribution < 1.29 is 32.9 Å². The number of carbonyl (C=O) groups excluding carboxylic acids is 4. The topological polar surface area (TPSA) is 137 Å². The van der Waals surface area contributed by atoms with Crippen LogP contribution in [0.25, 0.3) is 0 Å². The Morgan fingerprint density at radius 2 is 1.74 bits per heavy atom. The third-order valence-corrected chi connectivity index (χ3v) is 9.15. The maximum Gasteiger partial charge on any atom is 0.605 e. The fourth-order valence-corrected chi connectivity index (χ4v) is 7.55. The molecule has 2 amide bonds. The highest BCUT2D eigenvalue weighted by atomic mass is 32.2. The Morgan fingerprint density at radius 3 is 2.33 bits per heavy atom. The van der Waals surface area contributed by atoms with E-state index in [1.807, 2.05) is 51.2 Å². The number of nitrogens with one attached hydrogen (secondary N) is 2. The lowest BCUT2D eigenvalue weighted by Crippen LogP contribution is -2.76. The summed E-state index contributed by atoms with van der Waals surface area (Å²) >= 11 is 1.53. The van der Waals surface area contributed by atoms with Gasteiger partial charge in [0.25, 0.3) is 5.91 Å². The van der Waals surface area contributed by atoms with Gasteiger partial charge in [0.05, 0.1) is 23.6 Å². The molecular weight excluding hydrogens is 521 g/mol. The molecule has 3 aliphatic heterocycles. The standard InChI is InChI=1S/C26H32BN5O6S/c1-16(2)11-22(27-32(3)20(25(35)37-27)14-39-15-21(32)26(36)38-27)31-23(33)18(12-17-7-5-4-6-8-17)30-24(34)19-13-28-9-10-29-19/h4-10,13,16,18,20-22H,11-12,14-15H2,1-3H3,(H,30,34)(H,31,33)/t18-,20+,21+,22-,27?,32?/m0/s1. The summed E-state index contributed by atoms with van der Waals surface area (Å²) in [6.07, 6.45) is 4.80. The first kappa shape index (κ1) is 27.1. The molecule has 206 valence electrons. The average molecular weight is 553 g/mol. The molecule has 1 aromatic carbocycles. The number of likely N-dealkylation sites (N-methyl/N-ethyl adjacent to an activating group) is 1. The second-order valence-electron chi connectivity index (χ2n) is 10.9. The normalized spacial score (nSPS) is 28.7. The van der Waals surface area contributed by atoms with E-state index >= 15 is 0 Å². The summed E-state index contributed by atoms with van der Waals surface area (Å²) in [5, 5.41) is 5.83. The molecule has 0 aliphatic carbocycles. The number of quaternary nitrogens is 1. The summed E-state index contributed by atoms with van der Waals surface area (Å²) < 4.78 is 12.0. The van der Waals surface area contributed by atoms with Gasteiger partial charge in [0.2, 0.25) is 5.91 Å². The first-order chi connectivity index (χ1) is 18.7. The van der Waals surface area contributed by atoms with Crippen molar-refractivity contribution in [2.75, 3.05) is 18.6 Å². The van der Waals surface area contributed by atoms with Crippen molar-refractivity contribution in [2.45, 2.75) is 50.8 Å². The number of thioether (sulfide) groups is 1. The third-order valence-electron chi connectivity index (χ3n) is 8.05. The molecule has 0 bridgehead atoms. The highest BCUT2D eigenvalue weighted by Gasteiger charge is 2.77. The average Bonchev–Trinajstić information content (AvgIpc) is 3.28. The Kier molecular flexibility index (Phi) is 7.38. The number of rotatable bonds is 9. The van der Waals surface area contributed by atoms with Gasteiger partial charge in [-0.25, -0.2) is 14.6 Å². The quantitative estimate of drug-likeness (QED) is 0.434. The van der Waals surface area contributed by atoms with Gasteiger partial charge in [0.15, 0.2) is 12.1 Å². The van der Waals surface area contributed by atoms with E-state index in [0.29, 0.717) is 17.9 Å². The van der Waals surface area contributed by atoms with E-state index in [2.05, 4.69) is 20.6 Å². The molecule has 0 saturated carbocycles. The van der Waals surface area contributed by atoms with Gasteiger partial charge in [0, 0.05) is 25.9 Å². The summed E-state index contributed by atoms with van der Waals surface area (Å²) in [5.74, 6) is -1.53. The van der Waals surface area contributed by atoms with E-state index in [1.165, 1.54) is 30.4 Å². The van der Waals surface area contributed by atoms with Gasteiger partial charge >= 0.3 is 18.6 Å². The van der Waals surface area contributed by atoms with Crippen molar-refractivity contribution in [2.24, 2.45) is 5.92 Å². The largest absolute Gasteiger partial charge is 0.605 e. The Morgan fingerprint density at radius 1 is 1.08 bits per heavy atom. The Labute approximate surface area is 231 Å². The molecule has 3 fully saturated rings. The fourth-order valence-electron chi connectivity index (χ4n) is 6.05. The molecular formula is C26H32BN5O6S. The van der Waals surface area contributed by atoms with Gasteiger partial charge in [-0.15, -0.1) is 11.8 Å². The fraction of sp³-hybridized carbons (Fsp3) is 0.462. The molecule has 4 heterocycles. The van der Waals surface area contributed by atoms with Crippen LogP contribution in [0.15, 0.2) is 48.9 Å². The highest BCUT2D eigenvalue weighted by molar-refractivity contribution is 7.99. The van der Waals surface area contributed by atoms with Crippen molar-refractivity contribution in [3.05, 3.63) is 60.2 Å². The van der Waals surface area contributed by atoms with Gasteiger partial charge in [-0.1, -0.05) is 44.2 Å². The lowest BCUT2D eigenvalue weighted by atomic mass is 9.57. The molecule has 5 rings (SSSR count). The molecule has 0 spiro atoms. The van der Waals surface area contributed by atoms with Crippen molar-refractivity contribution >= 4 is 42.2 Å². The molecule has 1 aromatic heterocycles. The zero-order valence-corrected chi connectivity index (χ0v) is 22.9. The molecule has 0 unspecified atom stereocenters. The number of hydrogen-bond acceptors (Lipinski definition) is 9. The van der Waals surface area contributed by atoms with Crippen molar-refractivity contribution in [3.8, 4) is 0 Å². The molecule has 0 radical (unpaired) electrons. The van der Waals surface area contributed by atoms with Crippen LogP contribution >= 0.6 is 11.8 Å². The van der Waals surface area contributed by atoms with Gasteiger partial charge in [-0.05, 0) is 17.9 Å². The summed E-state index contributed by atoms with van der Waals surface area (Å²) in [7, 11) is 1.83. The van der Waals surface area contributed by atoms with Crippen LogP contribution < -0.4 is 10.6 Å². The summed E-state index contributed by atoms with van der Waals surface area (Å²) in [6, 6.07) is 7.23. The van der Waals surface area contributed by atoms with E-state index in [1.54, 1.807) is 0 Å². The van der Waals surface area contributed by atoms with E-state index in [4.69, 9.17) is 9.31 Å². The minimum Gasteiger partial charge on any atom is -0.599 e. The number of hydrogen-bond donors (Lipinski definition) is 2. The maximum atomic E-state index is 13.9. The molecule has 3 aliphatic rings. The number of amides is 2. The second-order valence-corrected chi connectivity index (χ2v) is 12.0. The Bertz CT molecular complexity index is 1240. The number of aromatic nitrogens is 2. The summed E-state index contributed by atoms with van der Waals surface area (Å²) in [5.41, 5.74) is 0.918. The highest BCUT2D eigenvalue weighted by Crippen LogP contribution is 2.48. The van der Waals surface area contributed by atoms with E-state index in [9.17, 15) is 19.2 Å². The van der Waals surface area contributed by atoms with Crippen molar-refractivity contribution in [3.63, 3.8) is 0 Å². The van der Waals surface area contributed by atoms with Crippen LogP contribution in [0.1, 0.15) is 36.3 Å². The molecule has 11 nitrogen and oxygen atoms in total. The van der Waals surface area contributed by atoms with Crippen molar-refractivity contribution in [1.29, 1.82) is 0 Å². The van der Waals surface area contributed by atoms with Crippen molar-refractivity contribution in [1.82, 2.24) is 20.6 Å². The van der Waals surface area contributed by atoms with Crippen LogP contribution in [-0.4, -0.2) is 87.4 Å². The van der Waals surface area contributed by atoms with Gasteiger partial charge in [0.1, 0.15) is 11.7 Å². The Hall–Kier alpha value is -3.45. The number of carbonyl (C=O) groups is 4. The predicted octanol–water partition coefficient (Wildman–Crippen LogP) is 0.871. The van der Waals surface area contributed by atoms with E-state index in [0.717, 1.165) is 5.56 Å². The minimum atomic E-state index is -2.58. The first-order valence-electron chi connectivity index (χ1n) is 13.1. The van der Waals surface area contributed by atoms with Crippen LogP contribution in [0.2, 0.25) is 0 Å².